The Labute approximate surface area is 168 Å². The zero-order valence-corrected chi connectivity index (χ0v) is 16.9. The van der Waals surface area contributed by atoms with E-state index in [-0.39, 0.29) is 24.0 Å². The maximum Gasteiger partial charge on any atom is 0.359 e. The standard InChI is InChI=1S/C22H23N3O4/c1-14-9-10-25-12-17(24-19(25)11-14)20(27)29-13-18(26)15-5-7-16(8-6-15)23-21(28)22(2,3)4/h5-12H,13H2,1-4H3,(H,23,28). The molecule has 0 fully saturated rings. The number of amides is 1. The van der Waals surface area contributed by atoms with Crippen LogP contribution in [0.4, 0.5) is 5.69 Å². The molecular weight excluding hydrogens is 370 g/mol. The van der Waals surface area contributed by atoms with E-state index in [0.717, 1.165) is 5.56 Å². The minimum absolute atomic E-state index is 0.117. The van der Waals surface area contributed by atoms with Gasteiger partial charge in [0.05, 0.1) is 0 Å². The molecule has 1 amide bonds. The van der Waals surface area contributed by atoms with Crippen molar-refractivity contribution in [1.29, 1.82) is 0 Å². The molecule has 7 nitrogen and oxygen atoms in total. The van der Waals surface area contributed by atoms with Gasteiger partial charge in [-0.05, 0) is 48.9 Å². The lowest BCUT2D eigenvalue weighted by atomic mass is 9.95. The number of aryl methyl sites for hydroxylation is 1. The number of carbonyl (C=O) groups excluding carboxylic acids is 3. The van der Waals surface area contributed by atoms with E-state index in [4.69, 9.17) is 4.74 Å². The molecule has 0 aliphatic rings. The highest BCUT2D eigenvalue weighted by Crippen LogP contribution is 2.18. The van der Waals surface area contributed by atoms with Gasteiger partial charge < -0.3 is 14.5 Å². The summed E-state index contributed by atoms with van der Waals surface area (Å²) in [5.74, 6) is -1.12. The minimum Gasteiger partial charge on any atom is -0.453 e. The average Bonchev–Trinajstić information content (AvgIpc) is 3.09. The summed E-state index contributed by atoms with van der Waals surface area (Å²) in [6.45, 7) is 7.00. The first-order valence-corrected chi connectivity index (χ1v) is 9.21. The molecule has 2 heterocycles. The van der Waals surface area contributed by atoms with Crippen molar-refractivity contribution in [2.24, 2.45) is 5.41 Å². The van der Waals surface area contributed by atoms with E-state index in [0.29, 0.717) is 16.9 Å². The summed E-state index contributed by atoms with van der Waals surface area (Å²) in [6, 6.07) is 10.2. The second kappa shape index (κ2) is 7.87. The molecule has 1 aromatic carbocycles. The number of imidazole rings is 1. The van der Waals surface area contributed by atoms with Crippen molar-refractivity contribution >= 4 is 29.0 Å². The molecule has 2 aromatic heterocycles. The van der Waals surface area contributed by atoms with Crippen molar-refractivity contribution in [3.63, 3.8) is 0 Å². The molecule has 0 aliphatic carbocycles. The minimum atomic E-state index is -0.659. The number of hydrogen-bond acceptors (Lipinski definition) is 5. The number of anilines is 1. The van der Waals surface area contributed by atoms with Gasteiger partial charge in [0, 0.05) is 29.1 Å². The number of ether oxygens (including phenoxy) is 1. The van der Waals surface area contributed by atoms with Crippen LogP contribution in [0.2, 0.25) is 0 Å². The molecule has 3 rings (SSSR count). The number of aromatic nitrogens is 2. The highest BCUT2D eigenvalue weighted by atomic mass is 16.5. The molecule has 1 N–H and O–H groups in total. The average molecular weight is 393 g/mol. The van der Waals surface area contributed by atoms with Gasteiger partial charge >= 0.3 is 5.97 Å². The molecule has 0 aliphatic heterocycles. The van der Waals surface area contributed by atoms with Crippen LogP contribution in [0, 0.1) is 12.3 Å². The Bertz CT molecular complexity index is 1080. The number of ketones is 1. The first-order valence-electron chi connectivity index (χ1n) is 9.21. The van der Waals surface area contributed by atoms with Crippen molar-refractivity contribution in [2.75, 3.05) is 11.9 Å². The molecule has 0 radical (unpaired) electrons. The summed E-state index contributed by atoms with van der Waals surface area (Å²) in [5.41, 5.74) is 2.27. The van der Waals surface area contributed by atoms with Crippen LogP contribution < -0.4 is 5.32 Å². The predicted octanol–water partition coefficient (Wildman–Crippen LogP) is 3.67. The number of carbonyl (C=O) groups is 3. The number of rotatable bonds is 5. The van der Waals surface area contributed by atoms with Gasteiger partial charge in [0.2, 0.25) is 5.91 Å². The van der Waals surface area contributed by atoms with Gasteiger partial charge in [-0.1, -0.05) is 20.8 Å². The molecular formula is C22H23N3O4. The Hall–Kier alpha value is -3.48. The van der Waals surface area contributed by atoms with Gasteiger partial charge in [-0.25, -0.2) is 9.78 Å². The quantitative estimate of drug-likeness (QED) is 0.528. The van der Waals surface area contributed by atoms with E-state index in [1.807, 2.05) is 39.8 Å². The largest absolute Gasteiger partial charge is 0.453 e. The highest BCUT2D eigenvalue weighted by molar-refractivity contribution is 6.00. The number of esters is 1. The summed E-state index contributed by atoms with van der Waals surface area (Å²) in [7, 11) is 0. The maximum absolute atomic E-state index is 12.3. The number of hydrogen-bond donors (Lipinski definition) is 1. The normalized spacial score (nSPS) is 11.3. The summed E-state index contributed by atoms with van der Waals surface area (Å²) in [6.07, 6.45) is 3.37. The Morgan fingerprint density at radius 1 is 1.10 bits per heavy atom. The summed E-state index contributed by atoms with van der Waals surface area (Å²) >= 11 is 0. The topological polar surface area (TPSA) is 89.8 Å². The first kappa shape index (κ1) is 20.3. The maximum atomic E-state index is 12.3. The van der Waals surface area contributed by atoms with Crippen LogP contribution in [0.25, 0.3) is 5.65 Å². The number of nitrogens with one attached hydrogen (secondary N) is 1. The second-order valence-electron chi connectivity index (χ2n) is 7.88. The highest BCUT2D eigenvalue weighted by Gasteiger charge is 2.21. The van der Waals surface area contributed by atoms with Crippen molar-refractivity contribution in [2.45, 2.75) is 27.7 Å². The third-order valence-corrected chi connectivity index (χ3v) is 4.31. The van der Waals surface area contributed by atoms with E-state index in [2.05, 4.69) is 10.3 Å². The molecule has 0 unspecified atom stereocenters. The van der Waals surface area contributed by atoms with Crippen LogP contribution in [0.1, 0.15) is 47.2 Å². The number of fused-ring (bicyclic) bond motifs is 1. The molecule has 3 aromatic rings. The fraction of sp³-hybridized carbons (Fsp3) is 0.273. The molecule has 0 spiro atoms. The summed E-state index contributed by atoms with van der Waals surface area (Å²) in [5, 5.41) is 2.79. The van der Waals surface area contributed by atoms with E-state index in [9.17, 15) is 14.4 Å². The van der Waals surface area contributed by atoms with E-state index < -0.39 is 11.4 Å². The SMILES string of the molecule is Cc1ccn2cc(C(=O)OCC(=O)c3ccc(NC(=O)C(C)(C)C)cc3)nc2c1. The zero-order chi connectivity index (χ0) is 21.2. The van der Waals surface area contributed by atoms with Gasteiger partial charge in [0.1, 0.15) is 5.65 Å². The zero-order valence-electron chi connectivity index (χ0n) is 16.9. The fourth-order valence-electron chi connectivity index (χ4n) is 2.53. The lowest BCUT2D eigenvalue weighted by Gasteiger charge is -2.17. The van der Waals surface area contributed by atoms with Gasteiger partial charge in [0.15, 0.2) is 18.1 Å². The van der Waals surface area contributed by atoms with E-state index in [1.54, 1.807) is 41.1 Å². The Balaban J connectivity index is 1.59. The van der Waals surface area contributed by atoms with Crippen LogP contribution in [-0.4, -0.2) is 33.7 Å². The van der Waals surface area contributed by atoms with Crippen molar-refractivity contribution < 1.29 is 19.1 Å². The van der Waals surface area contributed by atoms with E-state index >= 15 is 0 Å². The number of nitrogens with zero attached hydrogens (tertiary/aromatic N) is 2. The molecule has 0 saturated carbocycles. The Kier molecular flexibility index (Phi) is 5.50. The van der Waals surface area contributed by atoms with Crippen molar-refractivity contribution in [3.8, 4) is 0 Å². The number of Topliss-reactive ketones (excluding diaryl/α,β-unsaturated/α-hetero) is 1. The monoisotopic (exact) mass is 393 g/mol. The second-order valence-corrected chi connectivity index (χ2v) is 7.88. The smallest absolute Gasteiger partial charge is 0.359 e. The van der Waals surface area contributed by atoms with Gasteiger partial charge in [-0.15, -0.1) is 0 Å². The van der Waals surface area contributed by atoms with Crippen LogP contribution in [0.15, 0.2) is 48.8 Å². The van der Waals surface area contributed by atoms with Gasteiger partial charge in [-0.3, -0.25) is 9.59 Å². The molecule has 0 atom stereocenters. The lowest BCUT2D eigenvalue weighted by Crippen LogP contribution is -2.27. The van der Waals surface area contributed by atoms with E-state index in [1.165, 1.54) is 0 Å². The lowest BCUT2D eigenvalue weighted by molar-refractivity contribution is -0.123. The number of pyridine rings is 1. The third kappa shape index (κ3) is 4.87. The fourth-order valence-corrected chi connectivity index (χ4v) is 2.53. The van der Waals surface area contributed by atoms with Crippen LogP contribution in [0.3, 0.4) is 0 Å². The molecule has 0 saturated heterocycles. The first-order chi connectivity index (χ1) is 13.6. The Morgan fingerprint density at radius 2 is 1.79 bits per heavy atom. The van der Waals surface area contributed by atoms with Gasteiger partial charge in [-0.2, -0.15) is 0 Å². The summed E-state index contributed by atoms with van der Waals surface area (Å²) in [4.78, 5) is 40.7. The van der Waals surface area contributed by atoms with Crippen LogP contribution in [-0.2, 0) is 9.53 Å². The molecule has 29 heavy (non-hydrogen) atoms. The van der Waals surface area contributed by atoms with Crippen LogP contribution >= 0.6 is 0 Å². The molecule has 150 valence electrons. The molecule has 0 bridgehead atoms. The van der Waals surface area contributed by atoms with Crippen LogP contribution in [0.5, 0.6) is 0 Å². The van der Waals surface area contributed by atoms with Crippen molar-refractivity contribution in [1.82, 2.24) is 9.38 Å². The molecule has 7 heteroatoms. The van der Waals surface area contributed by atoms with Crippen molar-refractivity contribution in [3.05, 3.63) is 65.6 Å². The Morgan fingerprint density at radius 3 is 2.45 bits per heavy atom. The predicted molar refractivity (Wildman–Crippen MR) is 109 cm³/mol. The third-order valence-electron chi connectivity index (χ3n) is 4.31. The summed E-state index contributed by atoms with van der Waals surface area (Å²) < 4.78 is 6.83. The number of benzene rings is 1. The van der Waals surface area contributed by atoms with Gasteiger partial charge in [0.25, 0.3) is 0 Å².